The molecule has 2 rings (SSSR count). The SMILES string of the molecule is Cc1c(C)n(C[C@@H](O)CNCCO)c2ccc(F)cc12. The van der Waals surface area contributed by atoms with Gasteiger partial charge in [-0.1, -0.05) is 0 Å². The molecule has 0 radical (unpaired) electrons. The van der Waals surface area contributed by atoms with E-state index in [1.807, 2.05) is 18.4 Å². The smallest absolute Gasteiger partial charge is 0.123 e. The topological polar surface area (TPSA) is 57.4 Å². The van der Waals surface area contributed by atoms with Crippen molar-refractivity contribution in [2.75, 3.05) is 19.7 Å². The molecule has 4 nitrogen and oxygen atoms in total. The van der Waals surface area contributed by atoms with E-state index >= 15 is 0 Å². The second-order valence-electron chi connectivity index (χ2n) is 5.06. The van der Waals surface area contributed by atoms with Crippen LogP contribution in [0.5, 0.6) is 0 Å². The lowest BCUT2D eigenvalue weighted by atomic mass is 10.1. The van der Waals surface area contributed by atoms with Crippen LogP contribution in [0.25, 0.3) is 10.9 Å². The van der Waals surface area contributed by atoms with Crippen molar-refractivity contribution in [1.82, 2.24) is 9.88 Å². The van der Waals surface area contributed by atoms with Crippen LogP contribution in [0.3, 0.4) is 0 Å². The molecule has 110 valence electrons. The lowest BCUT2D eigenvalue weighted by molar-refractivity contribution is 0.149. The summed E-state index contributed by atoms with van der Waals surface area (Å²) in [6, 6.07) is 4.72. The van der Waals surface area contributed by atoms with Crippen LogP contribution in [0.1, 0.15) is 11.3 Å². The first kappa shape index (κ1) is 15.0. The van der Waals surface area contributed by atoms with Crippen LogP contribution in [0, 0.1) is 19.7 Å². The van der Waals surface area contributed by atoms with Gasteiger partial charge in [-0.3, -0.25) is 0 Å². The molecule has 3 N–H and O–H groups in total. The maximum atomic E-state index is 13.3. The fourth-order valence-electron chi connectivity index (χ4n) is 2.48. The molecule has 2 aromatic rings. The average molecular weight is 280 g/mol. The first-order chi connectivity index (χ1) is 9.54. The molecule has 0 unspecified atom stereocenters. The molecule has 20 heavy (non-hydrogen) atoms. The molecule has 0 bridgehead atoms. The molecule has 1 heterocycles. The Morgan fingerprint density at radius 3 is 2.80 bits per heavy atom. The van der Waals surface area contributed by atoms with Crippen molar-refractivity contribution in [2.24, 2.45) is 0 Å². The molecule has 0 fully saturated rings. The van der Waals surface area contributed by atoms with Gasteiger partial charge in [-0.25, -0.2) is 4.39 Å². The van der Waals surface area contributed by atoms with E-state index in [-0.39, 0.29) is 12.4 Å². The highest BCUT2D eigenvalue weighted by atomic mass is 19.1. The molecular formula is C15H21FN2O2. The summed E-state index contributed by atoms with van der Waals surface area (Å²) < 4.78 is 15.3. The second kappa shape index (κ2) is 6.35. The van der Waals surface area contributed by atoms with Gasteiger partial charge in [0.15, 0.2) is 0 Å². The number of rotatable bonds is 6. The van der Waals surface area contributed by atoms with Gasteiger partial charge in [-0.2, -0.15) is 0 Å². The summed E-state index contributed by atoms with van der Waals surface area (Å²) in [6.45, 7) is 5.31. The monoisotopic (exact) mass is 280 g/mol. The van der Waals surface area contributed by atoms with Gasteiger partial charge in [-0.15, -0.1) is 0 Å². The zero-order chi connectivity index (χ0) is 14.7. The number of aromatic nitrogens is 1. The number of fused-ring (bicyclic) bond motifs is 1. The van der Waals surface area contributed by atoms with E-state index in [1.165, 1.54) is 12.1 Å². The van der Waals surface area contributed by atoms with Gasteiger partial charge in [-0.05, 0) is 37.6 Å². The summed E-state index contributed by atoms with van der Waals surface area (Å²) in [6.07, 6.45) is -0.555. The number of aliphatic hydroxyl groups is 2. The summed E-state index contributed by atoms with van der Waals surface area (Å²) >= 11 is 0. The zero-order valence-electron chi connectivity index (χ0n) is 11.9. The Labute approximate surface area is 117 Å². The van der Waals surface area contributed by atoms with Gasteiger partial charge < -0.3 is 20.1 Å². The number of aliphatic hydroxyl groups excluding tert-OH is 2. The van der Waals surface area contributed by atoms with E-state index in [2.05, 4.69) is 5.32 Å². The minimum atomic E-state index is -0.555. The number of hydrogen-bond donors (Lipinski definition) is 3. The number of aryl methyl sites for hydroxylation is 1. The quantitative estimate of drug-likeness (QED) is 0.700. The highest BCUT2D eigenvalue weighted by Gasteiger charge is 2.14. The average Bonchev–Trinajstić information content (AvgIpc) is 2.64. The highest BCUT2D eigenvalue weighted by Crippen LogP contribution is 2.26. The van der Waals surface area contributed by atoms with Crippen LogP contribution in [0.4, 0.5) is 4.39 Å². The van der Waals surface area contributed by atoms with Crippen LogP contribution in [0.2, 0.25) is 0 Å². The molecular weight excluding hydrogens is 259 g/mol. The van der Waals surface area contributed by atoms with Crippen LogP contribution >= 0.6 is 0 Å². The van der Waals surface area contributed by atoms with Crippen molar-refractivity contribution >= 4 is 10.9 Å². The van der Waals surface area contributed by atoms with Crippen molar-refractivity contribution in [3.8, 4) is 0 Å². The van der Waals surface area contributed by atoms with Crippen molar-refractivity contribution in [3.63, 3.8) is 0 Å². The van der Waals surface area contributed by atoms with Crippen molar-refractivity contribution in [1.29, 1.82) is 0 Å². The number of hydrogen-bond acceptors (Lipinski definition) is 3. The van der Waals surface area contributed by atoms with Crippen LogP contribution in [-0.2, 0) is 6.54 Å². The molecule has 1 aromatic heterocycles. The second-order valence-corrected chi connectivity index (χ2v) is 5.06. The summed E-state index contributed by atoms with van der Waals surface area (Å²) in [5.41, 5.74) is 3.00. The van der Waals surface area contributed by atoms with Gasteiger partial charge in [0.25, 0.3) is 0 Å². The number of halogens is 1. The van der Waals surface area contributed by atoms with Gasteiger partial charge >= 0.3 is 0 Å². The van der Waals surface area contributed by atoms with E-state index in [9.17, 15) is 9.50 Å². The summed E-state index contributed by atoms with van der Waals surface area (Å²) in [5, 5.41) is 22.6. The predicted molar refractivity (Wildman–Crippen MR) is 77.3 cm³/mol. The largest absolute Gasteiger partial charge is 0.395 e. The summed E-state index contributed by atoms with van der Waals surface area (Å²) in [7, 11) is 0. The van der Waals surface area contributed by atoms with Crippen LogP contribution in [0.15, 0.2) is 18.2 Å². The third-order valence-corrected chi connectivity index (χ3v) is 3.66. The number of nitrogens with zero attached hydrogens (tertiary/aromatic N) is 1. The lowest BCUT2D eigenvalue weighted by Crippen LogP contribution is -2.32. The first-order valence-corrected chi connectivity index (χ1v) is 6.79. The molecule has 0 aliphatic heterocycles. The standard InChI is InChI=1S/C15H21FN2O2/c1-10-11(2)18(9-13(20)8-17-5-6-19)15-4-3-12(16)7-14(10)15/h3-4,7,13,17,19-20H,5-6,8-9H2,1-2H3/t13-/m0/s1. The lowest BCUT2D eigenvalue weighted by Gasteiger charge is -2.15. The van der Waals surface area contributed by atoms with Crippen molar-refractivity contribution in [3.05, 3.63) is 35.3 Å². The highest BCUT2D eigenvalue weighted by molar-refractivity contribution is 5.85. The zero-order valence-corrected chi connectivity index (χ0v) is 11.9. The van der Waals surface area contributed by atoms with E-state index < -0.39 is 6.10 Å². The van der Waals surface area contributed by atoms with Crippen LogP contribution < -0.4 is 5.32 Å². The van der Waals surface area contributed by atoms with E-state index in [4.69, 9.17) is 5.11 Å². The Balaban J connectivity index is 2.23. The predicted octanol–water partition coefficient (Wildman–Crippen LogP) is 1.34. The van der Waals surface area contributed by atoms with E-state index in [0.29, 0.717) is 19.6 Å². The minimum absolute atomic E-state index is 0.0522. The van der Waals surface area contributed by atoms with Gasteiger partial charge in [0.2, 0.25) is 0 Å². The molecule has 0 saturated carbocycles. The molecule has 0 saturated heterocycles. The van der Waals surface area contributed by atoms with Gasteiger partial charge in [0.05, 0.1) is 19.3 Å². The Hall–Kier alpha value is -1.43. The third-order valence-electron chi connectivity index (χ3n) is 3.66. The number of benzene rings is 1. The molecule has 0 spiro atoms. The van der Waals surface area contributed by atoms with Gasteiger partial charge in [0.1, 0.15) is 5.82 Å². The minimum Gasteiger partial charge on any atom is -0.395 e. The van der Waals surface area contributed by atoms with Crippen molar-refractivity contribution < 1.29 is 14.6 Å². The Morgan fingerprint density at radius 2 is 2.10 bits per heavy atom. The van der Waals surface area contributed by atoms with Crippen molar-refractivity contribution in [2.45, 2.75) is 26.5 Å². The fourth-order valence-corrected chi connectivity index (χ4v) is 2.48. The van der Waals surface area contributed by atoms with Crippen LogP contribution in [-0.4, -0.2) is 40.6 Å². The van der Waals surface area contributed by atoms with Gasteiger partial charge in [0, 0.05) is 29.7 Å². The Kier molecular flexibility index (Phi) is 4.75. The fraction of sp³-hybridized carbons (Fsp3) is 0.467. The molecule has 0 aliphatic carbocycles. The number of nitrogens with one attached hydrogen (secondary N) is 1. The third kappa shape index (κ3) is 3.00. The normalized spacial score (nSPS) is 13.1. The summed E-state index contributed by atoms with van der Waals surface area (Å²) in [4.78, 5) is 0. The first-order valence-electron chi connectivity index (χ1n) is 6.79. The molecule has 1 atom stereocenters. The van der Waals surface area contributed by atoms with E-state index in [1.54, 1.807) is 6.07 Å². The van der Waals surface area contributed by atoms with E-state index in [0.717, 1.165) is 22.2 Å². The Bertz CT molecular complexity index is 595. The maximum absolute atomic E-state index is 13.3. The molecule has 1 aromatic carbocycles. The molecule has 0 aliphatic rings. The molecule has 5 heteroatoms. The summed E-state index contributed by atoms with van der Waals surface area (Å²) in [5.74, 6) is -0.247. The maximum Gasteiger partial charge on any atom is 0.123 e. The molecule has 0 amide bonds. The Morgan fingerprint density at radius 1 is 1.35 bits per heavy atom.